The van der Waals surface area contributed by atoms with Crippen LogP contribution in [0.3, 0.4) is 0 Å². The third kappa shape index (κ3) is 0.640. The van der Waals surface area contributed by atoms with E-state index in [4.69, 9.17) is 10.2 Å². The second-order valence-corrected chi connectivity index (χ2v) is 2.22. The van der Waals surface area contributed by atoms with Gasteiger partial charge in [0.2, 0.25) is 0 Å². The molecule has 7 heavy (non-hydrogen) atoms. The van der Waals surface area contributed by atoms with Gasteiger partial charge >= 0.3 is 0 Å². The van der Waals surface area contributed by atoms with E-state index in [9.17, 15) is 0 Å². The lowest BCUT2D eigenvalue weighted by molar-refractivity contribution is -0.0600. The van der Waals surface area contributed by atoms with Crippen molar-refractivity contribution >= 4 is 0 Å². The van der Waals surface area contributed by atoms with Crippen LogP contribution in [0.25, 0.3) is 0 Å². The Labute approximate surface area is 42.8 Å². The van der Waals surface area contributed by atoms with Crippen LogP contribution in [0, 0.1) is 6.10 Å². The van der Waals surface area contributed by atoms with Crippen molar-refractivity contribution in [1.29, 1.82) is 0 Å². The summed E-state index contributed by atoms with van der Waals surface area (Å²) in [6, 6.07) is 0. The van der Waals surface area contributed by atoms with Crippen molar-refractivity contribution in [3.05, 3.63) is 6.10 Å². The molecule has 1 atom stereocenters. The van der Waals surface area contributed by atoms with Crippen molar-refractivity contribution in [3.8, 4) is 0 Å². The molecule has 1 saturated carbocycles. The van der Waals surface area contributed by atoms with Crippen LogP contribution in [-0.2, 0) is 0 Å². The zero-order chi connectivity index (χ0) is 5.49. The zero-order valence-electron chi connectivity index (χ0n) is 4.31. The van der Waals surface area contributed by atoms with Gasteiger partial charge in [0, 0.05) is 0 Å². The quantitative estimate of drug-likeness (QED) is 0.464. The largest absolute Gasteiger partial charge is 0.387 e. The molecule has 0 heterocycles. The van der Waals surface area contributed by atoms with E-state index in [2.05, 4.69) is 0 Å². The molecule has 1 aliphatic carbocycles. The monoisotopic (exact) mass is 101 g/mol. The van der Waals surface area contributed by atoms with Crippen LogP contribution in [-0.4, -0.2) is 15.8 Å². The highest BCUT2D eigenvalue weighted by Crippen LogP contribution is 2.37. The van der Waals surface area contributed by atoms with Crippen LogP contribution in [0.2, 0.25) is 0 Å². The maximum Gasteiger partial charge on any atom is 0.124 e. The van der Waals surface area contributed by atoms with E-state index >= 15 is 0 Å². The normalized spacial score (nSPS) is 43.3. The molecule has 0 aliphatic heterocycles. The van der Waals surface area contributed by atoms with E-state index < -0.39 is 5.60 Å². The van der Waals surface area contributed by atoms with Crippen LogP contribution in [0.1, 0.15) is 19.8 Å². The molecule has 1 aliphatic rings. The molecule has 2 N–H and O–H groups in total. The maximum absolute atomic E-state index is 8.89. The molecule has 2 heteroatoms. The lowest BCUT2D eigenvalue weighted by atomic mass is 9.79. The highest BCUT2D eigenvalue weighted by atomic mass is 16.3. The lowest BCUT2D eigenvalue weighted by Crippen LogP contribution is -2.41. The molecule has 0 spiro atoms. The van der Waals surface area contributed by atoms with E-state index in [1.165, 1.54) is 0 Å². The van der Waals surface area contributed by atoms with Crippen LogP contribution >= 0.6 is 0 Å². The van der Waals surface area contributed by atoms with Crippen molar-refractivity contribution in [2.24, 2.45) is 0 Å². The molecule has 2 nitrogen and oxygen atoms in total. The first-order valence-corrected chi connectivity index (χ1v) is 2.40. The second kappa shape index (κ2) is 1.20. The van der Waals surface area contributed by atoms with Gasteiger partial charge in [0.25, 0.3) is 0 Å². The molecule has 0 bridgehead atoms. The van der Waals surface area contributed by atoms with E-state index in [0.717, 1.165) is 0 Å². The summed E-state index contributed by atoms with van der Waals surface area (Å²) in [6.07, 6.45) is 1.61. The standard InChI is InChI=1S/C5H9O2/c1-5(7)3-2-4(5)6/h6-7H,2-3H2,1H3. The predicted octanol–water partition coefficient (Wildman–Crippen LogP) is 0.436. The van der Waals surface area contributed by atoms with Crippen LogP contribution in [0.5, 0.6) is 0 Å². The number of hydrogen-bond acceptors (Lipinski definition) is 2. The molecular formula is C5H9O2. The van der Waals surface area contributed by atoms with Gasteiger partial charge < -0.3 is 10.2 Å². The molecule has 0 amide bonds. The van der Waals surface area contributed by atoms with Crippen LogP contribution in [0.15, 0.2) is 0 Å². The fraction of sp³-hybridized carbons (Fsp3) is 0.800. The van der Waals surface area contributed by atoms with Gasteiger partial charge in [0.05, 0.1) is 5.60 Å². The summed E-state index contributed by atoms with van der Waals surface area (Å²) >= 11 is 0. The van der Waals surface area contributed by atoms with Gasteiger partial charge in [-0.3, -0.25) is 0 Å². The minimum atomic E-state index is -0.847. The molecule has 0 saturated heterocycles. The Morgan fingerprint density at radius 2 is 2.14 bits per heavy atom. The second-order valence-electron chi connectivity index (χ2n) is 2.22. The maximum atomic E-state index is 8.89. The summed E-state index contributed by atoms with van der Waals surface area (Å²) in [5.74, 6) is 0. The Morgan fingerprint density at radius 3 is 2.14 bits per heavy atom. The Hall–Kier alpha value is -0.0800. The van der Waals surface area contributed by atoms with Gasteiger partial charge in [-0.15, -0.1) is 0 Å². The van der Waals surface area contributed by atoms with Crippen LogP contribution < -0.4 is 0 Å². The summed E-state index contributed by atoms with van der Waals surface area (Å²) in [5.41, 5.74) is -0.847. The van der Waals surface area contributed by atoms with Crippen molar-refractivity contribution in [2.45, 2.75) is 25.4 Å². The highest BCUT2D eigenvalue weighted by Gasteiger charge is 2.40. The number of aliphatic hydroxyl groups excluding tert-OH is 1. The first-order valence-electron chi connectivity index (χ1n) is 2.40. The minimum absolute atomic E-state index is 0.229. The van der Waals surface area contributed by atoms with Gasteiger partial charge in [-0.1, -0.05) is 0 Å². The third-order valence-corrected chi connectivity index (χ3v) is 1.47. The smallest absolute Gasteiger partial charge is 0.124 e. The van der Waals surface area contributed by atoms with E-state index in [1.54, 1.807) is 6.92 Å². The number of rotatable bonds is 0. The molecule has 1 radical (unpaired) electrons. The Morgan fingerprint density at radius 1 is 1.71 bits per heavy atom. The van der Waals surface area contributed by atoms with Crippen molar-refractivity contribution in [1.82, 2.24) is 0 Å². The molecule has 1 unspecified atom stereocenters. The molecule has 41 valence electrons. The third-order valence-electron chi connectivity index (χ3n) is 1.47. The van der Waals surface area contributed by atoms with Crippen molar-refractivity contribution in [2.75, 3.05) is 0 Å². The van der Waals surface area contributed by atoms with E-state index in [0.29, 0.717) is 12.8 Å². The summed E-state index contributed by atoms with van der Waals surface area (Å²) in [4.78, 5) is 0. The fourth-order valence-electron chi connectivity index (χ4n) is 0.599. The number of aliphatic hydroxyl groups is 2. The molecule has 0 aromatic rings. The van der Waals surface area contributed by atoms with Gasteiger partial charge in [-0.25, -0.2) is 0 Å². The van der Waals surface area contributed by atoms with Gasteiger partial charge in [0.15, 0.2) is 0 Å². The minimum Gasteiger partial charge on any atom is -0.387 e. The molecule has 0 aromatic heterocycles. The zero-order valence-corrected chi connectivity index (χ0v) is 4.31. The summed E-state index contributed by atoms with van der Waals surface area (Å²) < 4.78 is 0. The van der Waals surface area contributed by atoms with E-state index in [1.807, 2.05) is 0 Å². The predicted molar refractivity (Wildman–Crippen MR) is 25.0 cm³/mol. The highest BCUT2D eigenvalue weighted by molar-refractivity contribution is 5.06. The molecule has 0 aromatic carbocycles. The Kier molecular flexibility index (Phi) is 0.869. The lowest BCUT2D eigenvalue weighted by Gasteiger charge is -2.37. The average Bonchev–Trinajstić information content (AvgIpc) is 1.63. The van der Waals surface area contributed by atoms with E-state index in [-0.39, 0.29) is 6.10 Å². The van der Waals surface area contributed by atoms with Crippen molar-refractivity contribution in [3.63, 3.8) is 0 Å². The molecule has 1 rings (SSSR count). The summed E-state index contributed by atoms with van der Waals surface area (Å²) in [5, 5.41) is 17.5. The fourth-order valence-corrected chi connectivity index (χ4v) is 0.599. The Balaban J connectivity index is 2.43. The summed E-state index contributed by atoms with van der Waals surface area (Å²) in [6.45, 7) is 1.62. The SMILES string of the molecule is CC1(O)CC[C]1O. The molecular weight excluding hydrogens is 92.1 g/mol. The molecule has 1 fully saturated rings. The van der Waals surface area contributed by atoms with Gasteiger partial charge in [-0.05, 0) is 19.8 Å². The van der Waals surface area contributed by atoms with Gasteiger partial charge in [0.1, 0.15) is 6.10 Å². The topological polar surface area (TPSA) is 40.5 Å². The van der Waals surface area contributed by atoms with Crippen LogP contribution in [0.4, 0.5) is 0 Å². The summed E-state index contributed by atoms with van der Waals surface area (Å²) in [7, 11) is 0. The van der Waals surface area contributed by atoms with Crippen molar-refractivity contribution < 1.29 is 10.2 Å². The first-order chi connectivity index (χ1) is 3.13. The average molecular weight is 101 g/mol. The first kappa shape index (κ1) is 5.06. The Bertz CT molecular complexity index is 78.1. The van der Waals surface area contributed by atoms with Gasteiger partial charge in [-0.2, -0.15) is 0 Å². The number of hydrogen-bond donors (Lipinski definition) is 2.